The predicted octanol–water partition coefficient (Wildman–Crippen LogP) is 2.33. The van der Waals surface area contributed by atoms with Crippen LogP contribution < -0.4 is 10.6 Å². The number of likely N-dealkylation sites (N-methyl/N-ethyl adjacent to an activating group) is 1. The van der Waals surface area contributed by atoms with Crippen molar-refractivity contribution in [3.8, 4) is 5.69 Å². The summed E-state index contributed by atoms with van der Waals surface area (Å²) in [5.41, 5.74) is 2.29. The molecule has 0 aliphatic heterocycles. The van der Waals surface area contributed by atoms with Gasteiger partial charge in [0, 0.05) is 18.8 Å². The lowest BCUT2D eigenvalue weighted by molar-refractivity contribution is 0.0949. The van der Waals surface area contributed by atoms with Gasteiger partial charge in [0.15, 0.2) is 0 Å². The molecule has 0 aliphatic carbocycles. The van der Waals surface area contributed by atoms with Crippen LogP contribution in [0.5, 0.6) is 0 Å². The number of carbonyl (C=O) groups is 1. The largest absolute Gasteiger partial charge is 0.350 e. The van der Waals surface area contributed by atoms with E-state index in [4.69, 9.17) is 0 Å². The molecule has 1 aromatic carbocycles. The highest BCUT2D eigenvalue weighted by molar-refractivity contribution is 5.95. The molecule has 1 atom stereocenters. The van der Waals surface area contributed by atoms with Gasteiger partial charge in [0.05, 0.1) is 16.9 Å². The Morgan fingerprint density at radius 1 is 1.32 bits per heavy atom. The number of carbonyl (C=O) groups excluding carboxylic acids is 1. The quantitative estimate of drug-likeness (QED) is 0.858. The van der Waals surface area contributed by atoms with Crippen LogP contribution in [0.15, 0.2) is 36.5 Å². The van der Waals surface area contributed by atoms with Crippen LogP contribution in [0.2, 0.25) is 0 Å². The van der Waals surface area contributed by atoms with Gasteiger partial charge in [-0.05, 0) is 32.5 Å². The maximum Gasteiger partial charge on any atom is 0.254 e. The van der Waals surface area contributed by atoms with Crippen LogP contribution in [0.3, 0.4) is 0 Å². The van der Waals surface area contributed by atoms with Crippen molar-refractivity contribution in [3.63, 3.8) is 0 Å². The Morgan fingerprint density at radius 3 is 2.64 bits per heavy atom. The number of rotatable bonds is 6. The molecular formula is C16H23ClN4O. The van der Waals surface area contributed by atoms with Gasteiger partial charge in [0.2, 0.25) is 0 Å². The van der Waals surface area contributed by atoms with Gasteiger partial charge in [0.1, 0.15) is 0 Å². The summed E-state index contributed by atoms with van der Waals surface area (Å²) in [6.07, 6.45) is 1.78. The summed E-state index contributed by atoms with van der Waals surface area (Å²) in [6, 6.07) is 10.0. The Bertz CT molecular complexity index is 597. The first kappa shape index (κ1) is 18.2. The Hall–Kier alpha value is -1.85. The third-order valence-corrected chi connectivity index (χ3v) is 3.29. The predicted molar refractivity (Wildman–Crippen MR) is 91.0 cm³/mol. The van der Waals surface area contributed by atoms with Crippen LogP contribution in [0.1, 0.15) is 29.9 Å². The van der Waals surface area contributed by atoms with Gasteiger partial charge in [-0.1, -0.05) is 25.1 Å². The van der Waals surface area contributed by atoms with E-state index in [1.54, 1.807) is 10.9 Å². The average Bonchev–Trinajstić information content (AvgIpc) is 2.88. The van der Waals surface area contributed by atoms with Crippen molar-refractivity contribution in [1.29, 1.82) is 0 Å². The van der Waals surface area contributed by atoms with E-state index in [9.17, 15) is 4.79 Å². The number of nitrogens with one attached hydrogen (secondary N) is 2. The number of nitrogens with zero attached hydrogens (tertiary/aromatic N) is 2. The average molecular weight is 323 g/mol. The molecule has 0 fully saturated rings. The number of benzene rings is 1. The minimum Gasteiger partial charge on any atom is -0.350 e. The summed E-state index contributed by atoms with van der Waals surface area (Å²) in [5, 5.41) is 10.6. The third kappa shape index (κ3) is 4.58. The minimum atomic E-state index is -0.0839. The van der Waals surface area contributed by atoms with E-state index in [0.717, 1.165) is 17.9 Å². The zero-order chi connectivity index (χ0) is 15.2. The van der Waals surface area contributed by atoms with Crippen molar-refractivity contribution >= 4 is 18.3 Å². The van der Waals surface area contributed by atoms with E-state index < -0.39 is 0 Å². The van der Waals surface area contributed by atoms with Gasteiger partial charge < -0.3 is 10.6 Å². The Labute approximate surface area is 137 Å². The Balaban J connectivity index is 0.00000242. The number of aromatic nitrogens is 2. The van der Waals surface area contributed by atoms with Crippen LogP contribution >= 0.6 is 12.4 Å². The first-order valence-corrected chi connectivity index (χ1v) is 7.25. The monoisotopic (exact) mass is 322 g/mol. The lowest BCUT2D eigenvalue weighted by Gasteiger charge is -2.12. The molecule has 2 N–H and O–H groups in total. The molecule has 120 valence electrons. The fourth-order valence-corrected chi connectivity index (χ4v) is 2.16. The molecule has 2 rings (SSSR count). The lowest BCUT2D eigenvalue weighted by Crippen LogP contribution is -2.38. The van der Waals surface area contributed by atoms with Crippen LogP contribution in [0, 0.1) is 6.92 Å². The van der Waals surface area contributed by atoms with Crippen molar-refractivity contribution in [1.82, 2.24) is 20.4 Å². The number of aryl methyl sites for hydroxylation is 1. The first-order chi connectivity index (χ1) is 10.1. The second-order valence-corrected chi connectivity index (χ2v) is 5.08. The standard InChI is InChI=1S/C16H22N4O.ClH/c1-4-17-12(2)10-18-16(21)15-11-20(19-13(15)3)14-8-6-5-7-9-14;/h5-9,11-12,17H,4,10H2,1-3H3,(H,18,21);1H/t12-;/m1./s1. The Morgan fingerprint density at radius 2 is 2.00 bits per heavy atom. The molecule has 22 heavy (non-hydrogen) atoms. The van der Waals surface area contributed by atoms with Crippen LogP contribution in [0.4, 0.5) is 0 Å². The highest BCUT2D eigenvalue weighted by Gasteiger charge is 2.14. The van der Waals surface area contributed by atoms with E-state index in [2.05, 4.69) is 15.7 Å². The molecule has 1 amide bonds. The molecule has 0 bridgehead atoms. The first-order valence-electron chi connectivity index (χ1n) is 7.25. The molecule has 0 aliphatic rings. The molecule has 1 heterocycles. The molecule has 0 saturated heterocycles. The summed E-state index contributed by atoms with van der Waals surface area (Å²) in [4.78, 5) is 12.2. The van der Waals surface area contributed by atoms with Crippen LogP contribution in [-0.4, -0.2) is 34.8 Å². The lowest BCUT2D eigenvalue weighted by atomic mass is 10.2. The summed E-state index contributed by atoms with van der Waals surface area (Å²) in [7, 11) is 0. The number of hydrogen-bond donors (Lipinski definition) is 2. The van der Waals surface area contributed by atoms with E-state index in [0.29, 0.717) is 12.1 Å². The zero-order valence-electron chi connectivity index (χ0n) is 13.2. The summed E-state index contributed by atoms with van der Waals surface area (Å²) >= 11 is 0. The number of hydrogen-bond acceptors (Lipinski definition) is 3. The molecule has 0 saturated carbocycles. The van der Waals surface area contributed by atoms with Crippen molar-refractivity contribution in [3.05, 3.63) is 47.8 Å². The fraction of sp³-hybridized carbons (Fsp3) is 0.375. The molecular weight excluding hydrogens is 300 g/mol. The second-order valence-electron chi connectivity index (χ2n) is 5.08. The minimum absolute atomic E-state index is 0. The van der Waals surface area contributed by atoms with Gasteiger partial charge in [-0.2, -0.15) is 5.10 Å². The van der Waals surface area contributed by atoms with Gasteiger partial charge in [-0.3, -0.25) is 4.79 Å². The van der Waals surface area contributed by atoms with Crippen molar-refractivity contribution < 1.29 is 4.79 Å². The smallest absolute Gasteiger partial charge is 0.254 e. The van der Waals surface area contributed by atoms with Crippen molar-refractivity contribution in [2.75, 3.05) is 13.1 Å². The van der Waals surface area contributed by atoms with Crippen molar-refractivity contribution in [2.45, 2.75) is 26.8 Å². The summed E-state index contributed by atoms with van der Waals surface area (Å²) in [5.74, 6) is -0.0839. The van der Waals surface area contributed by atoms with Gasteiger partial charge in [0.25, 0.3) is 5.91 Å². The van der Waals surface area contributed by atoms with Crippen LogP contribution in [-0.2, 0) is 0 Å². The summed E-state index contributed by atoms with van der Waals surface area (Å²) < 4.78 is 1.73. The molecule has 6 heteroatoms. The number of amides is 1. The highest BCUT2D eigenvalue weighted by atomic mass is 35.5. The Kier molecular flexibility index (Phi) is 7.08. The van der Waals surface area contributed by atoms with Gasteiger partial charge in [-0.25, -0.2) is 4.68 Å². The maximum atomic E-state index is 12.2. The molecule has 2 aromatic rings. The molecule has 0 radical (unpaired) electrons. The number of para-hydroxylation sites is 1. The summed E-state index contributed by atoms with van der Waals surface area (Å²) in [6.45, 7) is 7.43. The van der Waals surface area contributed by atoms with E-state index in [1.807, 2.05) is 51.1 Å². The number of halogens is 1. The SMILES string of the molecule is CCN[C@H](C)CNC(=O)c1cn(-c2ccccc2)nc1C.Cl. The third-order valence-electron chi connectivity index (χ3n) is 3.29. The second kappa shape index (κ2) is 8.56. The molecule has 1 aromatic heterocycles. The van der Waals surface area contributed by atoms with Gasteiger partial charge >= 0.3 is 0 Å². The topological polar surface area (TPSA) is 58.9 Å². The normalized spacial score (nSPS) is 11.6. The highest BCUT2D eigenvalue weighted by Crippen LogP contribution is 2.11. The van der Waals surface area contributed by atoms with E-state index >= 15 is 0 Å². The maximum absolute atomic E-state index is 12.2. The molecule has 0 spiro atoms. The molecule has 5 nitrogen and oxygen atoms in total. The van der Waals surface area contributed by atoms with Crippen LogP contribution in [0.25, 0.3) is 5.69 Å². The van der Waals surface area contributed by atoms with Crippen molar-refractivity contribution in [2.24, 2.45) is 0 Å². The fourth-order valence-electron chi connectivity index (χ4n) is 2.16. The zero-order valence-corrected chi connectivity index (χ0v) is 14.0. The molecule has 0 unspecified atom stereocenters. The van der Waals surface area contributed by atoms with E-state index in [-0.39, 0.29) is 24.4 Å². The van der Waals surface area contributed by atoms with E-state index in [1.165, 1.54) is 0 Å². The van der Waals surface area contributed by atoms with Gasteiger partial charge in [-0.15, -0.1) is 12.4 Å².